The van der Waals surface area contributed by atoms with Crippen molar-refractivity contribution >= 4 is 11.6 Å². The van der Waals surface area contributed by atoms with Crippen LogP contribution in [0.1, 0.15) is 12.0 Å². The van der Waals surface area contributed by atoms with Crippen LogP contribution in [-0.2, 0) is 4.79 Å². The second kappa shape index (κ2) is 4.15. The van der Waals surface area contributed by atoms with E-state index < -0.39 is 18.3 Å². The highest BCUT2D eigenvalue weighted by Gasteiger charge is 2.48. The molecule has 0 aliphatic heterocycles. The van der Waals surface area contributed by atoms with Crippen molar-refractivity contribution in [2.75, 3.05) is 5.32 Å². The molecule has 1 heterocycles. The molecule has 1 amide bonds. The van der Waals surface area contributed by atoms with Crippen LogP contribution in [0.25, 0.3) is 0 Å². The molecule has 0 unspecified atom stereocenters. The topological polar surface area (TPSA) is 42.0 Å². The number of hydrogen-bond acceptors (Lipinski definition) is 2. The second-order valence-electron chi connectivity index (χ2n) is 4.08. The Balaban J connectivity index is 1.94. The lowest BCUT2D eigenvalue weighted by Gasteiger charge is -2.04. The third-order valence-electron chi connectivity index (χ3n) is 2.64. The van der Waals surface area contributed by atoms with Crippen molar-refractivity contribution in [2.24, 2.45) is 11.8 Å². The summed E-state index contributed by atoms with van der Waals surface area (Å²) in [6, 6.07) is 1.75. The molecular weight excluding hydrogens is 214 g/mol. The van der Waals surface area contributed by atoms with E-state index in [0.29, 0.717) is 5.69 Å². The zero-order valence-electron chi connectivity index (χ0n) is 8.78. The monoisotopic (exact) mass is 226 g/mol. The van der Waals surface area contributed by atoms with Gasteiger partial charge in [-0.05, 0) is 25.0 Å². The van der Waals surface area contributed by atoms with Gasteiger partial charge >= 0.3 is 0 Å². The highest BCUT2D eigenvalue weighted by molar-refractivity contribution is 5.94. The number of pyridine rings is 1. The molecule has 5 heteroatoms. The van der Waals surface area contributed by atoms with Gasteiger partial charge in [0.25, 0.3) is 0 Å². The lowest BCUT2D eigenvalue weighted by atomic mass is 10.2. The normalized spacial score (nSPS) is 23.2. The molecule has 0 aromatic carbocycles. The van der Waals surface area contributed by atoms with E-state index >= 15 is 0 Å². The number of nitrogens with one attached hydrogen (secondary N) is 1. The third kappa shape index (κ3) is 2.35. The summed E-state index contributed by atoms with van der Waals surface area (Å²) >= 11 is 0. The van der Waals surface area contributed by atoms with Gasteiger partial charge in [-0.3, -0.25) is 9.78 Å². The Morgan fingerprint density at radius 2 is 2.31 bits per heavy atom. The fraction of sp³-hybridized carbons (Fsp3) is 0.455. The van der Waals surface area contributed by atoms with Gasteiger partial charge in [-0.2, -0.15) is 0 Å². The lowest BCUT2D eigenvalue weighted by Crippen LogP contribution is -2.16. The number of carbonyl (C=O) groups is 1. The van der Waals surface area contributed by atoms with Gasteiger partial charge in [-0.15, -0.1) is 0 Å². The number of rotatable bonds is 3. The van der Waals surface area contributed by atoms with Gasteiger partial charge in [0.2, 0.25) is 12.3 Å². The predicted molar refractivity (Wildman–Crippen MR) is 55.2 cm³/mol. The SMILES string of the molecule is Cc1cncc(NC(=O)[C@H]2C[C@@H]2C(F)F)c1. The van der Waals surface area contributed by atoms with Gasteiger partial charge in [-0.25, -0.2) is 8.78 Å². The summed E-state index contributed by atoms with van der Waals surface area (Å²) in [6.07, 6.45) is 1.05. The van der Waals surface area contributed by atoms with E-state index in [1.807, 2.05) is 6.92 Å². The smallest absolute Gasteiger partial charge is 0.242 e. The van der Waals surface area contributed by atoms with Gasteiger partial charge in [0.05, 0.1) is 11.9 Å². The number of amides is 1. The standard InChI is InChI=1S/C11H12F2N2O/c1-6-2-7(5-14-4-6)15-11(16)9-3-8(9)10(12)13/h2,4-5,8-10H,3H2,1H3,(H,15,16)/t8-,9-/m0/s1. The Bertz CT molecular complexity index is 409. The molecule has 86 valence electrons. The van der Waals surface area contributed by atoms with E-state index in [9.17, 15) is 13.6 Å². The number of aryl methyl sites for hydroxylation is 1. The van der Waals surface area contributed by atoms with Crippen molar-refractivity contribution in [2.45, 2.75) is 19.8 Å². The van der Waals surface area contributed by atoms with E-state index in [1.54, 1.807) is 12.3 Å². The Morgan fingerprint density at radius 1 is 1.56 bits per heavy atom. The highest BCUT2D eigenvalue weighted by atomic mass is 19.3. The molecule has 1 aromatic heterocycles. The van der Waals surface area contributed by atoms with Crippen LogP contribution in [-0.4, -0.2) is 17.3 Å². The number of hydrogen-bond donors (Lipinski definition) is 1. The van der Waals surface area contributed by atoms with Crippen LogP contribution in [0.2, 0.25) is 0 Å². The molecular formula is C11H12F2N2O. The van der Waals surface area contributed by atoms with Crippen molar-refractivity contribution in [3.05, 3.63) is 24.0 Å². The van der Waals surface area contributed by atoms with Gasteiger partial charge < -0.3 is 5.32 Å². The first-order chi connectivity index (χ1) is 7.58. The van der Waals surface area contributed by atoms with E-state index in [0.717, 1.165) is 5.56 Å². The Labute approximate surface area is 91.9 Å². The van der Waals surface area contributed by atoms with E-state index in [1.165, 1.54) is 6.20 Å². The van der Waals surface area contributed by atoms with Crippen LogP contribution in [0.3, 0.4) is 0 Å². The minimum Gasteiger partial charge on any atom is -0.324 e. The fourth-order valence-electron chi connectivity index (χ4n) is 1.65. The highest BCUT2D eigenvalue weighted by Crippen LogP contribution is 2.43. The molecule has 1 fully saturated rings. The Hall–Kier alpha value is -1.52. The van der Waals surface area contributed by atoms with Crippen LogP contribution < -0.4 is 5.32 Å². The first-order valence-electron chi connectivity index (χ1n) is 5.08. The van der Waals surface area contributed by atoms with Crippen LogP contribution >= 0.6 is 0 Å². The quantitative estimate of drug-likeness (QED) is 0.858. The average Bonchev–Trinajstić information content (AvgIpc) is 2.96. The first-order valence-corrected chi connectivity index (χ1v) is 5.08. The van der Waals surface area contributed by atoms with E-state index in [4.69, 9.17) is 0 Å². The third-order valence-corrected chi connectivity index (χ3v) is 2.64. The molecule has 2 atom stereocenters. The predicted octanol–water partition coefficient (Wildman–Crippen LogP) is 2.23. The summed E-state index contributed by atoms with van der Waals surface area (Å²) in [5.41, 5.74) is 1.48. The van der Waals surface area contributed by atoms with E-state index in [2.05, 4.69) is 10.3 Å². The molecule has 1 aliphatic carbocycles. The summed E-state index contributed by atoms with van der Waals surface area (Å²) in [5.74, 6) is -1.64. The number of nitrogens with zero attached hydrogens (tertiary/aromatic N) is 1. The van der Waals surface area contributed by atoms with Crippen molar-refractivity contribution in [1.29, 1.82) is 0 Å². The molecule has 0 saturated heterocycles. The maximum absolute atomic E-state index is 12.2. The Morgan fingerprint density at radius 3 is 2.88 bits per heavy atom. The molecule has 3 nitrogen and oxygen atoms in total. The van der Waals surface area contributed by atoms with Crippen molar-refractivity contribution in [3.63, 3.8) is 0 Å². The van der Waals surface area contributed by atoms with Gasteiger partial charge in [-0.1, -0.05) is 0 Å². The van der Waals surface area contributed by atoms with Gasteiger partial charge in [0.1, 0.15) is 0 Å². The average molecular weight is 226 g/mol. The molecule has 1 saturated carbocycles. The molecule has 0 bridgehead atoms. The number of carbonyl (C=O) groups excluding carboxylic acids is 1. The van der Waals surface area contributed by atoms with Crippen molar-refractivity contribution in [1.82, 2.24) is 4.98 Å². The van der Waals surface area contributed by atoms with Crippen LogP contribution in [0, 0.1) is 18.8 Å². The summed E-state index contributed by atoms with van der Waals surface area (Å²) < 4.78 is 24.5. The number of anilines is 1. The maximum Gasteiger partial charge on any atom is 0.242 e. The van der Waals surface area contributed by atoms with Crippen LogP contribution in [0.15, 0.2) is 18.5 Å². The second-order valence-corrected chi connectivity index (χ2v) is 4.08. The number of aromatic nitrogens is 1. The summed E-state index contributed by atoms with van der Waals surface area (Å²) in [7, 11) is 0. The summed E-state index contributed by atoms with van der Waals surface area (Å²) in [6.45, 7) is 1.85. The molecule has 1 aliphatic rings. The molecule has 0 spiro atoms. The zero-order valence-corrected chi connectivity index (χ0v) is 8.78. The largest absolute Gasteiger partial charge is 0.324 e. The van der Waals surface area contributed by atoms with Crippen molar-refractivity contribution in [3.8, 4) is 0 Å². The molecule has 2 rings (SSSR count). The summed E-state index contributed by atoms with van der Waals surface area (Å²) in [5, 5.41) is 2.59. The first kappa shape index (κ1) is 11.0. The number of alkyl halides is 2. The molecule has 16 heavy (non-hydrogen) atoms. The Kier molecular flexibility index (Phi) is 2.85. The van der Waals surface area contributed by atoms with Gasteiger partial charge in [0.15, 0.2) is 0 Å². The van der Waals surface area contributed by atoms with Crippen LogP contribution in [0.5, 0.6) is 0 Å². The van der Waals surface area contributed by atoms with Crippen LogP contribution in [0.4, 0.5) is 14.5 Å². The fourth-order valence-corrected chi connectivity index (χ4v) is 1.65. The molecule has 1 aromatic rings. The zero-order chi connectivity index (χ0) is 11.7. The lowest BCUT2D eigenvalue weighted by molar-refractivity contribution is -0.118. The number of halogens is 2. The summed E-state index contributed by atoms with van der Waals surface area (Å²) in [4.78, 5) is 15.4. The molecule has 1 N–H and O–H groups in total. The maximum atomic E-state index is 12.2. The molecule has 0 radical (unpaired) electrons. The minimum absolute atomic E-state index is 0.281. The van der Waals surface area contributed by atoms with Gasteiger partial charge in [0, 0.05) is 18.0 Å². The van der Waals surface area contributed by atoms with E-state index in [-0.39, 0.29) is 12.3 Å². The minimum atomic E-state index is -2.40. The van der Waals surface area contributed by atoms with Crippen molar-refractivity contribution < 1.29 is 13.6 Å².